The van der Waals surface area contributed by atoms with Crippen molar-refractivity contribution in [3.63, 3.8) is 0 Å². The molecule has 0 aliphatic carbocycles. The van der Waals surface area contributed by atoms with E-state index in [2.05, 4.69) is 10.7 Å². The normalized spacial score (nSPS) is 10.3. The van der Waals surface area contributed by atoms with Crippen molar-refractivity contribution in [3.8, 4) is 11.5 Å². The minimum Gasteiger partial charge on any atom is -0.493 e. The fourth-order valence-electron chi connectivity index (χ4n) is 2.90. The van der Waals surface area contributed by atoms with Crippen LogP contribution in [0, 0.1) is 13.8 Å². The van der Waals surface area contributed by atoms with E-state index in [1.165, 1.54) is 14.2 Å². The Balaban J connectivity index is 1.69. The Morgan fingerprint density at radius 2 is 1.34 bits per heavy atom. The number of hydrogen-bond donors (Lipinski definition) is 2. The molecule has 0 saturated carbocycles. The SMILES string of the molecule is COc1ccc(C(=O)Nc2ccc(C(=O)Nn3c(C)ccc3C)cc2)cc1OC. The molecule has 150 valence electrons. The van der Waals surface area contributed by atoms with Crippen molar-refractivity contribution >= 4 is 17.5 Å². The molecular formula is C22H23N3O4. The Hall–Kier alpha value is -3.74. The highest BCUT2D eigenvalue weighted by atomic mass is 16.5. The molecule has 0 spiro atoms. The van der Waals surface area contributed by atoms with Gasteiger partial charge in [-0.1, -0.05) is 0 Å². The minimum atomic E-state index is -0.290. The molecule has 3 rings (SSSR count). The topological polar surface area (TPSA) is 81.6 Å². The van der Waals surface area contributed by atoms with Crippen LogP contribution in [0.2, 0.25) is 0 Å². The Bertz CT molecular complexity index is 1020. The summed E-state index contributed by atoms with van der Waals surface area (Å²) in [6, 6.07) is 15.5. The number of methoxy groups -OCH3 is 2. The van der Waals surface area contributed by atoms with E-state index in [0.29, 0.717) is 28.3 Å². The van der Waals surface area contributed by atoms with Gasteiger partial charge in [-0.25, -0.2) is 0 Å². The molecule has 0 unspecified atom stereocenters. The van der Waals surface area contributed by atoms with Crippen LogP contribution < -0.4 is 20.2 Å². The molecule has 0 radical (unpaired) electrons. The quantitative estimate of drug-likeness (QED) is 0.668. The predicted molar refractivity (Wildman–Crippen MR) is 112 cm³/mol. The van der Waals surface area contributed by atoms with E-state index in [0.717, 1.165) is 11.4 Å². The summed E-state index contributed by atoms with van der Waals surface area (Å²) in [6.45, 7) is 3.83. The minimum absolute atomic E-state index is 0.231. The van der Waals surface area contributed by atoms with Crippen molar-refractivity contribution in [2.45, 2.75) is 13.8 Å². The van der Waals surface area contributed by atoms with Crippen molar-refractivity contribution in [2.24, 2.45) is 0 Å². The molecule has 2 amide bonds. The van der Waals surface area contributed by atoms with E-state index in [9.17, 15) is 9.59 Å². The molecule has 0 atom stereocenters. The van der Waals surface area contributed by atoms with Gasteiger partial charge in [0.2, 0.25) is 0 Å². The van der Waals surface area contributed by atoms with Crippen LogP contribution >= 0.6 is 0 Å². The van der Waals surface area contributed by atoms with Gasteiger partial charge < -0.3 is 14.8 Å². The number of ether oxygens (including phenoxy) is 2. The number of carbonyl (C=O) groups is 2. The van der Waals surface area contributed by atoms with E-state index in [1.54, 1.807) is 47.1 Å². The largest absolute Gasteiger partial charge is 0.493 e. The third-order valence-electron chi connectivity index (χ3n) is 4.54. The Kier molecular flexibility index (Phi) is 5.87. The number of nitrogens with zero attached hydrogens (tertiary/aromatic N) is 1. The molecular weight excluding hydrogens is 370 g/mol. The van der Waals surface area contributed by atoms with Crippen LogP contribution in [0.5, 0.6) is 11.5 Å². The number of aryl methyl sites for hydroxylation is 2. The number of anilines is 1. The summed E-state index contributed by atoms with van der Waals surface area (Å²) in [4.78, 5) is 25.0. The van der Waals surface area contributed by atoms with Gasteiger partial charge in [0.1, 0.15) is 0 Å². The summed E-state index contributed by atoms with van der Waals surface area (Å²) in [5.41, 5.74) is 6.23. The monoisotopic (exact) mass is 393 g/mol. The third kappa shape index (κ3) is 4.40. The smallest absolute Gasteiger partial charge is 0.270 e. The van der Waals surface area contributed by atoms with Crippen molar-refractivity contribution in [3.05, 3.63) is 77.1 Å². The molecule has 0 fully saturated rings. The number of carbonyl (C=O) groups excluding carboxylic acids is 2. The zero-order valence-corrected chi connectivity index (χ0v) is 16.8. The number of benzene rings is 2. The summed E-state index contributed by atoms with van der Waals surface area (Å²) >= 11 is 0. The number of amides is 2. The lowest BCUT2D eigenvalue weighted by Gasteiger charge is -2.12. The highest BCUT2D eigenvalue weighted by Crippen LogP contribution is 2.27. The van der Waals surface area contributed by atoms with Gasteiger partial charge in [-0.15, -0.1) is 0 Å². The highest BCUT2D eigenvalue weighted by molar-refractivity contribution is 6.05. The summed E-state index contributed by atoms with van der Waals surface area (Å²) in [7, 11) is 3.05. The van der Waals surface area contributed by atoms with Crippen molar-refractivity contribution < 1.29 is 19.1 Å². The summed E-state index contributed by atoms with van der Waals surface area (Å²) in [6.07, 6.45) is 0. The standard InChI is InChI=1S/C22H23N3O4/c1-14-5-6-15(2)25(14)24-22(27)16-7-10-18(11-8-16)23-21(26)17-9-12-19(28-3)20(13-17)29-4/h5-13H,1-4H3,(H,23,26)(H,24,27). The number of hydrogen-bond acceptors (Lipinski definition) is 4. The van der Waals surface area contributed by atoms with Gasteiger partial charge >= 0.3 is 0 Å². The second-order valence-electron chi connectivity index (χ2n) is 6.49. The summed E-state index contributed by atoms with van der Waals surface area (Å²) < 4.78 is 12.1. The average Bonchev–Trinajstić information content (AvgIpc) is 3.05. The first kappa shape index (κ1) is 20.0. The third-order valence-corrected chi connectivity index (χ3v) is 4.54. The van der Waals surface area contributed by atoms with E-state index in [-0.39, 0.29) is 11.8 Å². The zero-order valence-electron chi connectivity index (χ0n) is 16.8. The lowest BCUT2D eigenvalue weighted by Crippen LogP contribution is -2.24. The molecule has 7 heteroatoms. The summed E-state index contributed by atoms with van der Waals surface area (Å²) in [5, 5.41) is 2.80. The maximum absolute atomic E-state index is 12.5. The first-order chi connectivity index (χ1) is 13.9. The van der Waals surface area contributed by atoms with Gasteiger partial charge in [0, 0.05) is 28.2 Å². The molecule has 1 aromatic heterocycles. The van der Waals surface area contributed by atoms with E-state index >= 15 is 0 Å². The Labute approximate surface area is 169 Å². The Morgan fingerprint density at radius 3 is 1.93 bits per heavy atom. The van der Waals surface area contributed by atoms with Crippen LogP contribution in [-0.2, 0) is 0 Å². The van der Waals surface area contributed by atoms with E-state index in [1.807, 2.05) is 26.0 Å². The van der Waals surface area contributed by atoms with Crippen LogP contribution in [0.1, 0.15) is 32.1 Å². The predicted octanol–water partition coefficient (Wildman–Crippen LogP) is 3.76. The van der Waals surface area contributed by atoms with E-state index < -0.39 is 0 Å². The lowest BCUT2D eigenvalue weighted by atomic mass is 10.1. The molecule has 3 aromatic rings. The van der Waals surface area contributed by atoms with Crippen LogP contribution in [0.25, 0.3) is 0 Å². The molecule has 0 aliphatic heterocycles. The molecule has 0 saturated heterocycles. The molecule has 0 bridgehead atoms. The molecule has 7 nitrogen and oxygen atoms in total. The second-order valence-corrected chi connectivity index (χ2v) is 6.49. The Morgan fingerprint density at radius 1 is 0.759 bits per heavy atom. The zero-order chi connectivity index (χ0) is 21.0. The van der Waals surface area contributed by atoms with Gasteiger partial charge in [-0.2, -0.15) is 0 Å². The van der Waals surface area contributed by atoms with Crippen molar-refractivity contribution in [2.75, 3.05) is 25.0 Å². The van der Waals surface area contributed by atoms with Crippen LogP contribution in [-0.4, -0.2) is 30.7 Å². The first-order valence-corrected chi connectivity index (χ1v) is 9.02. The van der Waals surface area contributed by atoms with Crippen LogP contribution in [0.3, 0.4) is 0 Å². The number of nitrogens with one attached hydrogen (secondary N) is 2. The fourth-order valence-corrected chi connectivity index (χ4v) is 2.90. The first-order valence-electron chi connectivity index (χ1n) is 9.02. The molecule has 1 heterocycles. The summed E-state index contributed by atoms with van der Waals surface area (Å²) in [5.74, 6) is 0.502. The lowest BCUT2D eigenvalue weighted by molar-refractivity contribution is 0.100. The van der Waals surface area contributed by atoms with Crippen molar-refractivity contribution in [1.29, 1.82) is 0 Å². The van der Waals surface area contributed by atoms with Gasteiger partial charge in [0.25, 0.3) is 11.8 Å². The maximum Gasteiger partial charge on any atom is 0.270 e. The molecule has 2 N–H and O–H groups in total. The molecule has 0 aliphatic rings. The molecule has 29 heavy (non-hydrogen) atoms. The fraction of sp³-hybridized carbons (Fsp3) is 0.182. The highest BCUT2D eigenvalue weighted by Gasteiger charge is 2.12. The van der Waals surface area contributed by atoms with E-state index in [4.69, 9.17) is 9.47 Å². The van der Waals surface area contributed by atoms with Gasteiger partial charge in [-0.05, 0) is 68.4 Å². The average molecular weight is 393 g/mol. The maximum atomic E-state index is 12.5. The van der Waals surface area contributed by atoms with Crippen molar-refractivity contribution in [1.82, 2.24) is 4.68 Å². The number of aromatic nitrogens is 1. The number of rotatable bonds is 6. The van der Waals surface area contributed by atoms with Gasteiger partial charge in [0.05, 0.1) is 14.2 Å². The van der Waals surface area contributed by atoms with Gasteiger partial charge in [-0.3, -0.25) is 19.7 Å². The second kappa shape index (κ2) is 8.52. The van der Waals surface area contributed by atoms with Crippen LogP contribution in [0.4, 0.5) is 5.69 Å². The van der Waals surface area contributed by atoms with Crippen LogP contribution in [0.15, 0.2) is 54.6 Å². The van der Waals surface area contributed by atoms with Gasteiger partial charge in [0.15, 0.2) is 11.5 Å². The molecule has 2 aromatic carbocycles.